The Kier molecular flexibility index (Phi) is 6.28. The van der Waals surface area contributed by atoms with Crippen molar-refractivity contribution in [3.63, 3.8) is 0 Å². The topological polar surface area (TPSA) is 60.5 Å². The third-order valence-electron chi connectivity index (χ3n) is 3.01. The van der Waals surface area contributed by atoms with Crippen molar-refractivity contribution in [3.8, 4) is 5.75 Å². The number of carbonyl (C=O) groups is 1. The van der Waals surface area contributed by atoms with Gasteiger partial charge in [-0.3, -0.25) is 0 Å². The fourth-order valence-corrected chi connectivity index (χ4v) is 2.02. The van der Waals surface area contributed by atoms with Gasteiger partial charge in [-0.25, -0.2) is 9.78 Å². The maximum atomic E-state index is 12.0. The molecule has 0 aliphatic rings. The second kappa shape index (κ2) is 7.72. The van der Waals surface area contributed by atoms with E-state index in [1.807, 2.05) is 32.9 Å². The number of hydrogen-bond acceptors (Lipinski definition) is 5. The molecule has 0 saturated heterocycles. The number of nitrogens with zero attached hydrogens (tertiary/aromatic N) is 1. The molecule has 0 aromatic carbocycles. The summed E-state index contributed by atoms with van der Waals surface area (Å²) in [7, 11) is 1.39. The lowest BCUT2D eigenvalue weighted by molar-refractivity contribution is -0.145. The molecule has 20 heavy (non-hydrogen) atoms. The lowest BCUT2D eigenvalue weighted by atomic mass is 9.96. The summed E-state index contributed by atoms with van der Waals surface area (Å²) in [6.07, 6.45) is 4.10. The SMILES string of the molecule is CCCOc1cccnc1NC(C)(CCC)C(=O)OC. The maximum Gasteiger partial charge on any atom is 0.331 e. The molecule has 1 atom stereocenters. The highest BCUT2D eigenvalue weighted by Gasteiger charge is 2.34. The highest BCUT2D eigenvalue weighted by Crippen LogP contribution is 2.27. The van der Waals surface area contributed by atoms with Crippen molar-refractivity contribution in [1.29, 1.82) is 0 Å². The average molecular weight is 280 g/mol. The zero-order chi connectivity index (χ0) is 15.0. The molecule has 0 amide bonds. The highest BCUT2D eigenvalue weighted by atomic mass is 16.5. The summed E-state index contributed by atoms with van der Waals surface area (Å²) < 4.78 is 10.5. The van der Waals surface area contributed by atoms with Gasteiger partial charge in [0.25, 0.3) is 0 Å². The predicted molar refractivity (Wildman–Crippen MR) is 79.0 cm³/mol. The van der Waals surface area contributed by atoms with Gasteiger partial charge in [0.05, 0.1) is 13.7 Å². The van der Waals surface area contributed by atoms with Crippen LogP contribution in [-0.4, -0.2) is 30.2 Å². The first kappa shape index (κ1) is 16.3. The van der Waals surface area contributed by atoms with Crippen molar-refractivity contribution >= 4 is 11.8 Å². The molecule has 1 aromatic heterocycles. The van der Waals surface area contributed by atoms with Crippen LogP contribution >= 0.6 is 0 Å². The van der Waals surface area contributed by atoms with Gasteiger partial charge in [0.15, 0.2) is 11.6 Å². The number of anilines is 1. The second-order valence-electron chi connectivity index (χ2n) is 4.90. The molecule has 1 aromatic rings. The maximum absolute atomic E-state index is 12.0. The first-order valence-electron chi connectivity index (χ1n) is 7.01. The van der Waals surface area contributed by atoms with Crippen LogP contribution in [0.5, 0.6) is 5.75 Å². The smallest absolute Gasteiger partial charge is 0.331 e. The molecule has 0 bridgehead atoms. The fourth-order valence-electron chi connectivity index (χ4n) is 2.02. The monoisotopic (exact) mass is 280 g/mol. The normalized spacial score (nSPS) is 13.4. The summed E-state index contributed by atoms with van der Waals surface area (Å²) in [6, 6.07) is 3.65. The molecule has 5 nitrogen and oxygen atoms in total. The first-order chi connectivity index (χ1) is 9.57. The quantitative estimate of drug-likeness (QED) is 0.742. The van der Waals surface area contributed by atoms with E-state index in [2.05, 4.69) is 10.3 Å². The Morgan fingerprint density at radius 3 is 2.75 bits per heavy atom. The van der Waals surface area contributed by atoms with Crippen LogP contribution in [0.15, 0.2) is 18.3 Å². The molecule has 0 radical (unpaired) electrons. The predicted octanol–water partition coefficient (Wildman–Crippen LogP) is 3.01. The molecule has 1 heterocycles. The molecule has 5 heteroatoms. The van der Waals surface area contributed by atoms with Crippen LogP contribution in [0.25, 0.3) is 0 Å². The molecular weight excluding hydrogens is 256 g/mol. The summed E-state index contributed by atoms with van der Waals surface area (Å²) in [5.41, 5.74) is -0.803. The Bertz CT molecular complexity index is 437. The van der Waals surface area contributed by atoms with Gasteiger partial charge >= 0.3 is 5.97 Å². The number of nitrogens with one attached hydrogen (secondary N) is 1. The minimum Gasteiger partial charge on any atom is -0.490 e. The van der Waals surface area contributed by atoms with E-state index in [-0.39, 0.29) is 5.97 Å². The van der Waals surface area contributed by atoms with Gasteiger partial charge in [0.1, 0.15) is 5.54 Å². The van der Waals surface area contributed by atoms with Crippen molar-refractivity contribution < 1.29 is 14.3 Å². The zero-order valence-corrected chi connectivity index (χ0v) is 12.7. The van der Waals surface area contributed by atoms with E-state index < -0.39 is 5.54 Å². The largest absolute Gasteiger partial charge is 0.490 e. The van der Waals surface area contributed by atoms with Crippen molar-refractivity contribution in [3.05, 3.63) is 18.3 Å². The molecule has 0 aliphatic heterocycles. The van der Waals surface area contributed by atoms with Crippen molar-refractivity contribution in [2.75, 3.05) is 19.0 Å². The molecule has 0 aliphatic carbocycles. The molecule has 1 N–H and O–H groups in total. The summed E-state index contributed by atoms with van der Waals surface area (Å²) in [5, 5.41) is 3.17. The lowest BCUT2D eigenvalue weighted by Crippen LogP contribution is -2.44. The minimum absolute atomic E-state index is 0.300. The summed E-state index contributed by atoms with van der Waals surface area (Å²) in [5.74, 6) is 0.925. The van der Waals surface area contributed by atoms with Crippen LogP contribution in [0, 0.1) is 0 Å². The van der Waals surface area contributed by atoms with Crippen molar-refractivity contribution in [2.45, 2.75) is 45.6 Å². The molecule has 112 valence electrons. The van der Waals surface area contributed by atoms with Crippen molar-refractivity contribution in [2.24, 2.45) is 0 Å². The summed E-state index contributed by atoms with van der Waals surface area (Å²) in [4.78, 5) is 16.3. The Balaban J connectivity index is 2.96. The number of hydrogen-bond donors (Lipinski definition) is 1. The van der Waals surface area contributed by atoms with Crippen LogP contribution < -0.4 is 10.1 Å². The van der Waals surface area contributed by atoms with Gasteiger partial charge < -0.3 is 14.8 Å². The van der Waals surface area contributed by atoms with Crippen LogP contribution in [0.4, 0.5) is 5.82 Å². The number of methoxy groups -OCH3 is 1. The summed E-state index contributed by atoms with van der Waals surface area (Å²) >= 11 is 0. The summed E-state index contributed by atoms with van der Waals surface area (Å²) in [6.45, 7) is 6.50. The fraction of sp³-hybridized carbons (Fsp3) is 0.600. The number of ether oxygens (including phenoxy) is 2. The number of esters is 1. The van der Waals surface area contributed by atoms with E-state index in [4.69, 9.17) is 9.47 Å². The Morgan fingerprint density at radius 2 is 2.15 bits per heavy atom. The molecule has 1 rings (SSSR count). The number of rotatable bonds is 8. The van der Waals surface area contributed by atoms with E-state index in [1.165, 1.54) is 7.11 Å². The van der Waals surface area contributed by atoms with Gasteiger partial charge in [0, 0.05) is 6.20 Å². The van der Waals surface area contributed by atoms with Crippen LogP contribution in [0.2, 0.25) is 0 Å². The van der Waals surface area contributed by atoms with E-state index in [1.54, 1.807) is 6.20 Å². The second-order valence-corrected chi connectivity index (χ2v) is 4.90. The van der Waals surface area contributed by atoms with E-state index in [0.717, 1.165) is 12.8 Å². The Hall–Kier alpha value is -1.78. The van der Waals surface area contributed by atoms with Gasteiger partial charge in [-0.2, -0.15) is 0 Å². The van der Waals surface area contributed by atoms with Crippen LogP contribution in [0.3, 0.4) is 0 Å². The standard InChI is InChI=1S/C15H24N2O3/c1-5-9-15(3,14(18)19-4)17-13-12(20-11-6-2)8-7-10-16-13/h7-8,10H,5-6,9,11H2,1-4H3,(H,16,17). The lowest BCUT2D eigenvalue weighted by Gasteiger charge is -2.28. The van der Waals surface area contributed by atoms with Gasteiger partial charge in [-0.1, -0.05) is 20.3 Å². The van der Waals surface area contributed by atoms with E-state index >= 15 is 0 Å². The van der Waals surface area contributed by atoms with Crippen molar-refractivity contribution in [1.82, 2.24) is 4.98 Å². The van der Waals surface area contributed by atoms with E-state index in [9.17, 15) is 4.79 Å². The zero-order valence-electron chi connectivity index (χ0n) is 12.7. The molecule has 0 spiro atoms. The molecular formula is C15H24N2O3. The number of aromatic nitrogens is 1. The highest BCUT2D eigenvalue weighted by molar-refractivity contribution is 5.84. The number of carbonyl (C=O) groups excluding carboxylic acids is 1. The Labute approximate surface area is 120 Å². The van der Waals surface area contributed by atoms with Crippen LogP contribution in [-0.2, 0) is 9.53 Å². The van der Waals surface area contributed by atoms with Gasteiger partial charge in [0.2, 0.25) is 0 Å². The molecule has 0 saturated carbocycles. The van der Waals surface area contributed by atoms with Gasteiger partial charge in [-0.15, -0.1) is 0 Å². The van der Waals surface area contributed by atoms with Gasteiger partial charge in [-0.05, 0) is 31.9 Å². The minimum atomic E-state index is -0.803. The average Bonchev–Trinajstić information content (AvgIpc) is 2.45. The molecule has 0 fully saturated rings. The number of pyridine rings is 1. The first-order valence-corrected chi connectivity index (χ1v) is 7.01. The third-order valence-corrected chi connectivity index (χ3v) is 3.01. The molecule has 1 unspecified atom stereocenters. The van der Waals surface area contributed by atoms with Crippen LogP contribution in [0.1, 0.15) is 40.0 Å². The third kappa shape index (κ3) is 4.11. The van der Waals surface area contributed by atoms with E-state index in [0.29, 0.717) is 24.6 Å². The Morgan fingerprint density at radius 1 is 1.40 bits per heavy atom.